The highest BCUT2D eigenvalue weighted by atomic mass is 19.1. The molecule has 1 atom stereocenters. The quantitative estimate of drug-likeness (QED) is 0.888. The van der Waals surface area contributed by atoms with Crippen LogP contribution in [0.1, 0.15) is 56.2 Å². The molecule has 3 rings (SSSR count). The van der Waals surface area contributed by atoms with Crippen LogP contribution in [0.3, 0.4) is 0 Å². The van der Waals surface area contributed by atoms with Gasteiger partial charge in [-0.25, -0.2) is 4.39 Å². The SMILES string of the molecule is CC1CCC(O)(CNC2CCc3c(F)cccc32)CC1. The summed E-state index contributed by atoms with van der Waals surface area (Å²) >= 11 is 0. The van der Waals surface area contributed by atoms with E-state index in [0.29, 0.717) is 6.54 Å². The molecule has 0 aliphatic heterocycles. The largest absolute Gasteiger partial charge is 0.389 e. The number of benzene rings is 1. The number of hydrogen-bond acceptors (Lipinski definition) is 2. The first kappa shape index (κ1) is 14.0. The Morgan fingerprint density at radius 3 is 2.80 bits per heavy atom. The van der Waals surface area contributed by atoms with Crippen LogP contribution in [0.5, 0.6) is 0 Å². The maximum Gasteiger partial charge on any atom is 0.126 e. The van der Waals surface area contributed by atoms with Crippen molar-refractivity contribution >= 4 is 0 Å². The maximum absolute atomic E-state index is 13.7. The van der Waals surface area contributed by atoms with Gasteiger partial charge < -0.3 is 10.4 Å². The monoisotopic (exact) mass is 277 g/mol. The third-order valence-corrected chi connectivity index (χ3v) is 5.10. The number of halogens is 1. The van der Waals surface area contributed by atoms with Gasteiger partial charge in [-0.3, -0.25) is 0 Å². The first-order valence-electron chi connectivity index (χ1n) is 7.80. The molecule has 1 aromatic rings. The normalized spacial score (nSPS) is 33.1. The smallest absolute Gasteiger partial charge is 0.126 e. The van der Waals surface area contributed by atoms with Crippen LogP contribution in [-0.2, 0) is 6.42 Å². The van der Waals surface area contributed by atoms with Gasteiger partial charge in [0.15, 0.2) is 0 Å². The van der Waals surface area contributed by atoms with Gasteiger partial charge in [-0.05, 0) is 61.6 Å². The number of nitrogens with one attached hydrogen (secondary N) is 1. The molecule has 2 nitrogen and oxygen atoms in total. The minimum atomic E-state index is -0.567. The molecule has 3 heteroatoms. The van der Waals surface area contributed by atoms with E-state index in [2.05, 4.69) is 12.2 Å². The topological polar surface area (TPSA) is 32.3 Å². The summed E-state index contributed by atoms with van der Waals surface area (Å²) in [5.41, 5.74) is 1.37. The molecule has 2 N–H and O–H groups in total. The lowest BCUT2D eigenvalue weighted by molar-refractivity contribution is -0.00818. The number of hydrogen-bond donors (Lipinski definition) is 2. The highest BCUT2D eigenvalue weighted by Crippen LogP contribution is 2.35. The Kier molecular flexibility index (Phi) is 3.83. The molecule has 1 saturated carbocycles. The molecular weight excluding hydrogens is 253 g/mol. The van der Waals surface area contributed by atoms with Crippen molar-refractivity contribution < 1.29 is 9.50 Å². The van der Waals surface area contributed by atoms with Gasteiger partial charge in [-0.1, -0.05) is 19.1 Å². The van der Waals surface area contributed by atoms with Crippen molar-refractivity contribution in [3.05, 3.63) is 35.1 Å². The van der Waals surface area contributed by atoms with E-state index in [4.69, 9.17) is 0 Å². The molecule has 1 fully saturated rings. The molecular formula is C17H24FNO. The second-order valence-electron chi connectivity index (χ2n) is 6.69. The zero-order valence-corrected chi connectivity index (χ0v) is 12.2. The highest BCUT2D eigenvalue weighted by Gasteiger charge is 2.33. The molecule has 1 aromatic carbocycles. The summed E-state index contributed by atoms with van der Waals surface area (Å²) in [5.74, 6) is 0.647. The van der Waals surface area contributed by atoms with E-state index >= 15 is 0 Å². The molecule has 0 saturated heterocycles. The molecule has 0 spiro atoms. The lowest BCUT2D eigenvalue weighted by Gasteiger charge is -2.36. The van der Waals surface area contributed by atoms with Gasteiger partial charge in [0.05, 0.1) is 5.60 Å². The summed E-state index contributed by atoms with van der Waals surface area (Å²) in [4.78, 5) is 0. The van der Waals surface area contributed by atoms with Crippen molar-refractivity contribution in [1.29, 1.82) is 0 Å². The third kappa shape index (κ3) is 2.75. The lowest BCUT2D eigenvalue weighted by atomic mass is 9.79. The fraction of sp³-hybridized carbons (Fsp3) is 0.647. The van der Waals surface area contributed by atoms with Crippen LogP contribution in [0.2, 0.25) is 0 Å². The van der Waals surface area contributed by atoms with Gasteiger partial charge in [-0.2, -0.15) is 0 Å². The minimum absolute atomic E-state index is 0.0861. The van der Waals surface area contributed by atoms with E-state index in [-0.39, 0.29) is 11.9 Å². The van der Waals surface area contributed by atoms with Crippen molar-refractivity contribution in [2.45, 2.75) is 57.1 Å². The van der Waals surface area contributed by atoms with Gasteiger partial charge in [0.25, 0.3) is 0 Å². The van der Waals surface area contributed by atoms with E-state index < -0.39 is 5.60 Å². The maximum atomic E-state index is 13.7. The third-order valence-electron chi connectivity index (χ3n) is 5.10. The van der Waals surface area contributed by atoms with E-state index in [1.165, 1.54) is 6.07 Å². The fourth-order valence-electron chi connectivity index (χ4n) is 3.61. The molecule has 0 bridgehead atoms. The van der Waals surface area contributed by atoms with Crippen LogP contribution >= 0.6 is 0 Å². The Morgan fingerprint density at radius 1 is 1.30 bits per heavy atom. The average Bonchev–Trinajstić information content (AvgIpc) is 2.85. The Balaban J connectivity index is 1.62. The summed E-state index contributed by atoms with van der Waals surface area (Å²) in [5, 5.41) is 14.1. The zero-order chi connectivity index (χ0) is 14.2. The van der Waals surface area contributed by atoms with Gasteiger partial charge in [0.1, 0.15) is 5.82 Å². The summed E-state index contributed by atoms with van der Waals surface area (Å²) in [6, 6.07) is 5.53. The van der Waals surface area contributed by atoms with Gasteiger partial charge in [0.2, 0.25) is 0 Å². The Labute approximate surface area is 120 Å². The van der Waals surface area contributed by atoms with E-state index in [9.17, 15) is 9.50 Å². The van der Waals surface area contributed by atoms with Crippen molar-refractivity contribution in [1.82, 2.24) is 5.32 Å². The van der Waals surface area contributed by atoms with E-state index in [1.807, 2.05) is 6.07 Å². The molecule has 2 aliphatic rings. The van der Waals surface area contributed by atoms with Crippen molar-refractivity contribution in [3.8, 4) is 0 Å². The van der Waals surface area contributed by atoms with Crippen LogP contribution < -0.4 is 5.32 Å². The Morgan fingerprint density at radius 2 is 2.05 bits per heavy atom. The van der Waals surface area contributed by atoms with Gasteiger partial charge in [0, 0.05) is 12.6 Å². The molecule has 0 heterocycles. The summed E-state index contributed by atoms with van der Waals surface area (Å²) in [6.07, 6.45) is 5.70. The average molecular weight is 277 g/mol. The standard InChI is InChI=1S/C17H24FNO/c1-12-7-9-17(20,10-8-12)11-19-16-6-5-13-14(16)3-2-4-15(13)18/h2-4,12,16,19-20H,5-11H2,1H3. The molecule has 20 heavy (non-hydrogen) atoms. The first-order chi connectivity index (χ1) is 9.57. The second-order valence-corrected chi connectivity index (χ2v) is 6.69. The first-order valence-corrected chi connectivity index (χ1v) is 7.80. The molecule has 2 aliphatic carbocycles. The number of rotatable bonds is 3. The molecule has 0 aromatic heterocycles. The van der Waals surface area contributed by atoms with Gasteiger partial charge >= 0.3 is 0 Å². The predicted molar refractivity (Wildman–Crippen MR) is 78.0 cm³/mol. The van der Waals surface area contributed by atoms with E-state index in [1.54, 1.807) is 6.07 Å². The van der Waals surface area contributed by atoms with E-state index in [0.717, 1.165) is 55.6 Å². The number of aliphatic hydroxyl groups is 1. The second kappa shape index (κ2) is 5.45. The van der Waals surface area contributed by atoms with Crippen molar-refractivity contribution in [3.63, 3.8) is 0 Å². The van der Waals surface area contributed by atoms with Gasteiger partial charge in [-0.15, -0.1) is 0 Å². The highest BCUT2D eigenvalue weighted by molar-refractivity contribution is 5.35. The Hall–Kier alpha value is -0.930. The van der Waals surface area contributed by atoms with Crippen LogP contribution in [0.4, 0.5) is 4.39 Å². The molecule has 1 unspecified atom stereocenters. The molecule has 0 amide bonds. The van der Waals surface area contributed by atoms with Crippen LogP contribution in [0.15, 0.2) is 18.2 Å². The molecule has 110 valence electrons. The van der Waals surface area contributed by atoms with Crippen LogP contribution in [0, 0.1) is 11.7 Å². The number of fused-ring (bicyclic) bond motifs is 1. The van der Waals surface area contributed by atoms with Crippen LogP contribution in [-0.4, -0.2) is 17.3 Å². The zero-order valence-electron chi connectivity index (χ0n) is 12.2. The van der Waals surface area contributed by atoms with Crippen molar-refractivity contribution in [2.75, 3.05) is 6.54 Å². The summed E-state index contributed by atoms with van der Waals surface area (Å²) < 4.78 is 13.7. The predicted octanol–water partition coefficient (Wildman–Crippen LogP) is 3.34. The minimum Gasteiger partial charge on any atom is -0.389 e. The molecule has 0 radical (unpaired) electrons. The summed E-state index contributed by atoms with van der Waals surface area (Å²) in [7, 11) is 0. The lowest BCUT2D eigenvalue weighted by Crippen LogP contribution is -2.44. The van der Waals surface area contributed by atoms with Crippen LogP contribution in [0.25, 0.3) is 0 Å². The fourth-order valence-corrected chi connectivity index (χ4v) is 3.61. The Bertz CT molecular complexity index is 480. The summed E-state index contributed by atoms with van der Waals surface area (Å²) in [6.45, 7) is 2.88. The van der Waals surface area contributed by atoms with Crippen molar-refractivity contribution in [2.24, 2.45) is 5.92 Å².